The normalized spacial score (nSPS) is 18.8. The zero-order valence-electron chi connectivity index (χ0n) is 11.6. The van der Waals surface area contributed by atoms with Gasteiger partial charge < -0.3 is 10.1 Å². The Kier molecular flexibility index (Phi) is 4.93. The summed E-state index contributed by atoms with van der Waals surface area (Å²) in [5.41, 5.74) is 0.913. The highest BCUT2D eigenvalue weighted by Crippen LogP contribution is 2.22. The van der Waals surface area contributed by atoms with Gasteiger partial charge in [0.2, 0.25) is 0 Å². The molecule has 106 valence electrons. The summed E-state index contributed by atoms with van der Waals surface area (Å²) >= 11 is 0. The van der Waals surface area contributed by atoms with E-state index in [1.165, 1.54) is 7.11 Å². The second kappa shape index (κ2) is 6.68. The molecule has 6 nitrogen and oxygen atoms in total. The van der Waals surface area contributed by atoms with Gasteiger partial charge in [-0.1, -0.05) is 0 Å². The van der Waals surface area contributed by atoms with Gasteiger partial charge in [-0.15, -0.1) is 0 Å². The number of hydrogen-bond donors (Lipinski definition) is 1. The predicted molar refractivity (Wildman–Crippen MR) is 71.7 cm³/mol. The lowest BCUT2D eigenvalue weighted by Gasteiger charge is -2.27. The van der Waals surface area contributed by atoms with Crippen molar-refractivity contribution in [3.8, 4) is 0 Å². The van der Waals surface area contributed by atoms with Crippen LogP contribution >= 0.6 is 0 Å². The van der Waals surface area contributed by atoms with Crippen molar-refractivity contribution in [2.45, 2.75) is 25.9 Å². The number of ether oxygens (including phenoxy) is 1. The Morgan fingerprint density at radius 1 is 1.53 bits per heavy atom. The maximum Gasteiger partial charge on any atom is 0.327 e. The van der Waals surface area contributed by atoms with Gasteiger partial charge >= 0.3 is 5.97 Å². The van der Waals surface area contributed by atoms with Gasteiger partial charge in [-0.25, -0.2) is 4.79 Å². The van der Waals surface area contributed by atoms with E-state index < -0.39 is 0 Å². The summed E-state index contributed by atoms with van der Waals surface area (Å²) in [4.78, 5) is 14.3. The standard InChI is InChI=1S/C13H22N4O2/c1-3-17-10-11(9-15-17)12(13(18)19-2)16-7-4-5-14-6-8-16/h9-10,12,14H,3-8H2,1-2H3. The summed E-state index contributed by atoms with van der Waals surface area (Å²) in [6, 6.07) is -0.342. The quantitative estimate of drug-likeness (QED) is 0.800. The molecule has 2 rings (SSSR count). The van der Waals surface area contributed by atoms with Crippen LogP contribution in [0.2, 0.25) is 0 Å². The highest BCUT2D eigenvalue weighted by Gasteiger charge is 2.30. The summed E-state index contributed by atoms with van der Waals surface area (Å²) in [5.74, 6) is -0.211. The largest absolute Gasteiger partial charge is 0.468 e. The highest BCUT2D eigenvalue weighted by atomic mass is 16.5. The van der Waals surface area contributed by atoms with E-state index >= 15 is 0 Å². The van der Waals surface area contributed by atoms with Crippen LogP contribution in [0.5, 0.6) is 0 Å². The van der Waals surface area contributed by atoms with Crippen LogP contribution in [-0.4, -0.2) is 53.9 Å². The molecule has 6 heteroatoms. The first-order chi connectivity index (χ1) is 9.26. The molecule has 2 heterocycles. The van der Waals surface area contributed by atoms with Crippen molar-refractivity contribution in [3.05, 3.63) is 18.0 Å². The molecule has 0 radical (unpaired) electrons. The summed E-state index contributed by atoms with van der Waals surface area (Å²) in [7, 11) is 1.44. The Morgan fingerprint density at radius 2 is 2.37 bits per heavy atom. The number of nitrogens with zero attached hydrogens (tertiary/aromatic N) is 3. The molecule has 1 fully saturated rings. The van der Waals surface area contributed by atoms with E-state index in [9.17, 15) is 4.79 Å². The molecule has 0 aromatic carbocycles. The monoisotopic (exact) mass is 266 g/mol. The van der Waals surface area contributed by atoms with Crippen molar-refractivity contribution in [2.24, 2.45) is 0 Å². The lowest BCUT2D eigenvalue weighted by molar-refractivity contribution is -0.147. The molecule has 1 aromatic heterocycles. The van der Waals surface area contributed by atoms with Gasteiger partial charge in [0.05, 0.1) is 13.3 Å². The van der Waals surface area contributed by atoms with E-state index in [1.807, 2.05) is 17.8 Å². The second-order valence-electron chi connectivity index (χ2n) is 4.69. The molecule has 1 aromatic rings. The Labute approximate surface area is 113 Å². The molecule has 0 amide bonds. The fraction of sp³-hybridized carbons (Fsp3) is 0.692. The third-order valence-corrected chi connectivity index (χ3v) is 3.46. The lowest BCUT2D eigenvalue weighted by Crippen LogP contribution is -2.37. The zero-order valence-corrected chi connectivity index (χ0v) is 11.6. The van der Waals surface area contributed by atoms with Crippen LogP contribution in [0.3, 0.4) is 0 Å². The van der Waals surface area contributed by atoms with Crippen molar-refractivity contribution in [1.82, 2.24) is 20.0 Å². The van der Waals surface area contributed by atoms with Crippen LogP contribution in [0.15, 0.2) is 12.4 Å². The van der Waals surface area contributed by atoms with Crippen LogP contribution in [0.25, 0.3) is 0 Å². The molecule has 1 atom stereocenters. The summed E-state index contributed by atoms with van der Waals surface area (Å²) in [6.07, 6.45) is 4.73. The Bertz CT molecular complexity index is 411. The molecule has 0 bridgehead atoms. The van der Waals surface area contributed by atoms with Crippen molar-refractivity contribution >= 4 is 5.97 Å². The number of carbonyl (C=O) groups excluding carboxylic acids is 1. The van der Waals surface area contributed by atoms with Crippen LogP contribution in [0.1, 0.15) is 24.9 Å². The number of methoxy groups -OCH3 is 1. The highest BCUT2D eigenvalue weighted by molar-refractivity contribution is 5.77. The number of aryl methyl sites for hydroxylation is 1. The number of nitrogens with one attached hydrogen (secondary N) is 1. The van der Waals surface area contributed by atoms with Gasteiger partial charge in [-0.2, -0.15) is 5.10 Å². The smallest absolute Gasteiger partial charge is 0.327 e. The van der Waals surface area contributed by atoms with Crippen LogP contribution < -0.4 is 5.32 Å². The summed E-state index contributed by atoms with van der Waals surface area (Å²) < 4.78 is 6.80. The van der Waals surface area contributed by atoms with Gasteiger partial charge in [-0.3, -0.25) is 9.58 Å². The average molecular weight is 266 g/mol. The Morgan fingerprint density at radius 3 is 3.05 bits per heavy atom. The molecule has 0 spiro atoms. The minimum Gasteiger partial charge on any atom is -0.468 e. The molecule has 19 heavy (non-hydrogen) atoms. The van der Waals surface area contributed by atoms with Gasteiger partial charge in [-0.05, 0) is 19.9 Å². The number of hydrogen-bond acceptors (Lipinski definition) is 5. The SMILES string of the molecule is CCn1cc(C(C(=O)OC)N2CCCNCC2)cn1. The minimum atomic E-state index is -0.342. The number of esters is 1. The number of carbonyl (C=O) groups is 1. The molecule has 1 aliphatic heterocycles. The van der Waals surface area contributed by atoms with Gasteiger partial charge in [0.15, 0.2) is 0 Å². The van der Waals surface area contributed by atoms with Crippen LogP contribution in [0, 0.1) is 0 Å². The number of aromatic nitrogens is 2. The van der Waals surface area contributed by atoms with Crippen LogP contribution in [-0.2, 0) is 16.1 Å². The molecular formula is C13H22N4O2. The number of rotatable bonds is 4. The molecule has 0 aliphatic carbocycles. The Hall–Kier alpha value is -1.40. The third kappa shape index (κ3) is 3.33. The second-order valence-corrected chi connectivity index (χ2v) is 4.69. The van der Waals surface area contributed by atoms with E-state index in [2.05, 4.69) is 15.3 Å². The minimum absolute atomic E-state index is 0.211. The van der Waals surface area contributed by atoms with Crippen molar-refractivity contribution < 1.29 is 9.53 Å². The average Bonchev–Trinajstić information content (AvgIpc) is 2.74. The topological polar surface area (TPSA) is 59.4 Å². The molecular weight excluding hydrogens is 244 g/mol. The van der Waals surface area contributed by atoms with E-state index in [0.717, 1.165) is 44.7 Å². The van der Waals surface area contributed by atoms with Crippen LogP contribution in [0.4, 0.5) is 0 Å². The van der Waals surface area contributed by atoms with E-state index in [1.54, 1.807) is 6.20 Å². The van der Waals surface area contributed by atoms with Gasteiger partial charge in [0, 0.05) is 37.9 Å². The first-order valence-corrected chi connectivity index (χ1v) is 6.81. The molecule has 0 saturated carbocycles. The fourth-order valence-electron chi connectivity index (χ4n) is 2.43. The predicted octanol–water partition coefficient (Wildman–Crippen LogP) is 0.412. The first kappa shape index (κ1) is 14.0. The zero-order chi connectivity index (χ0) is 13.7. The third-order valence-electron chi connectivity index (χ3n) is 3.46. The van der Waals surface area contributed by atoms with Crippen molar-refractivity contribution in [3.63, 3.8) is 0 Å². The fourth-order valence-corrected chi connectivity index (χ4v) is 2.43. The molecule has 1 saturated heterocycles. The first-order valence-electron chi connectivity index (χ1n) is 6.81. The maximum absolute atomic E-state index is 12.1. The Balaban J connectivity index is 2.21. The maximum atomic E-state index is 12.1. The lowest BCUT2D eigenvalue weighted by atomic mass is 10.1. The van der Waals surface area contributed by atoms with Gasteiger partial charge in [0.1, 0.15) is 6.04 Å². The van der Waals surface area contributed by atoms with Crippen molar-refractivity contribution in [1.29, 1.82) is 0 Å². The van der Waals surface area contributed by atoms with E-state index in [0.29, 0.717) is 0 Å². The van der Waals surface area contributed by atoms with E-state index in [4.69, 9.17) is 4.74 Å². The summed E-state index contributed by atoms with van der Waals surface area (Å²) in [6.45, 7) is 6.46. The van der Waals surface area contributed by atoms with Gasteiger partial charge in [0.25, 0.3) is 0 Å². The molecule has 1 unspecified atom stereocenters. The molecule has 1 N–H and O–H groups in total. The molecule has 1 aliphatic rings. The summed E-state index contributed by atoms with van der Waals surface area (Å²) in [5, 5.41) is 7.60. The van der Waals surface area contributed by atoms with Crippen molar-refractivity contribution in [2.75, 3.05) is 33.3 Å². The van der Waals surface area contributed by atoms with E-state index in [-0.39, 0.29) is 12.0 Å².